The molecule has 1 saturated heterocycles. The summed E-state index contributed by atoms with van der Waals surface area (Å²) in [6.45, 7) is 9.08. The first kappa shape index (κ1) is 16.2. The number of esters is 1. The summed E-state index contributed by atoms with van der Waals surface area (Å²) < 4.78 is 4.81. The van der Waals surface area contributed by atoms with Crippen molar-refractivity contribution in [1.29, 1.82) is 0 Å². The molecule has 0 radical (unpaired) electrons. The maximum absolute atomic E-state index is 11.8. The molecule has 0 unspecified atom stereocenters. The van der Waals surface area contributed by atoms with Crippen molar-refractivity contribution in [1.82, 2.24) is 9.80 Å². The smallest absolute Gasteiger partial charge is 0.340 e. The zero-order valence-corrected chi connectivity index (χ0v) is 14.3. The Kier molecular flexibility index (Phi) is 5.55. The van der Waals surface area contributed by atoms with E-state index in [-0.39, 0.29) is 5.97 Å². The number of carbonyl (C=O) groups excluding carboxylic acids is 1. The third-order valence-electron chi connectivity index (χ3n) is 3.59. The van der Waals surface area contributed by atoms with Gasteiger partial charge in [0.15, 0.2) is 5.11 Å². The number of aryl methyl sites for hydroxylation is 1. The number of rotatable bonds is 3. The lowest BCUT2D eigenvalue weighted by molar-refractivity contribution is 0.0602. The van der Waals surface area contributed by atoms with Crippen LogP contribution in [-0.2, 0) is 4.74 Å². The van der Waals surface area contributed by atoms with Crippen LogP contribution in [0.5, 0.6) is 0 Å². The summed E-state index contributed by atoms with van der Waals surface area (Å²) in [5, 5.41) is 4.65. The molecule has 2 rings (SSSR count). The van der Waals surface area contributed by atoms with E-state index < -0.39 is 0 Å². The van der Waals surface area contributed by atoms with Crippen molar-refractivity contribution in [2.45, 2.75) is 13.8 Å². The minimum Gasteiger partial charge on any atom is -0.465 e. The number of nitrogens with one attached hydrogen (secondary N) is 1. The molecule has 7 heteroatoms. The third kappa shape index (κ3) is 3.93. The average Bonchev–Trinajstić information content (AvgIpc) is 2.87. The Hall–Kier alpha value is -1.18. The molecule has 1 N–H and O–H groups in total. The molecule has 0 spiro atoms. The summed E-state index contributed by atoms with van der Waals surface area (Å²) in [6, 6.07) is 1.83. The molecule has 0 atom stereocenters. The van der Waals surface area contributed by atoms with Crippen molar-refractivity contribution in [3.63, 3.8) is 0 Å². The standard InChI is InChI=1S/C14H21N3O2S2/c1-4-16-5-7-17(8-6-16)14(20)15-12-11(13(18)19-3)9-10(2)21-12/h9H,4-8H2,1-3H3,(H,15,20). The van der Waals surface area contributed by atoms with Gasteiger partial charge < -0.3 is 19.9 Å². The van der Waals surface area contributed by atoms with Crippen LogP contribution < -0.4 is 5.32 Å². The van der Waals surface area contributed by atoms with E-state index in [1.54, 1.807) is 0 Å². The minimum absolute atomic E-state index is 0.333. The highest BCUT2D eigenvalue weighted by atomic mass is 32.1. The van der Waals surface area contributed by atoms with Gasteiger partial charge in [-0.25, -0.2) is 4.79 Å². The fourth-order valence-corrected chi connectivity index (χ4v) is 3.56. The predicted molar refractivity (Wildman–Crippen MR) is 90.3 cm³/mol. The molecule has 0 aliphatic carbocycles. The molecule has 1 aromatic rings. The first-order chi connectivity index (χ1) is 10.0. The number of anilines is 1. The van der Waals surface area contributed by atoms with Crippen LogP contribution >= 0.6 is 23.6 Å². The number of hydrogen-bond donors (Lipinski definition) is 1. The van der Waals surface area contributed by atoms with Gasteiger partial charge in [0.05, 0.1) is 12.7 Å². The summed E-state index contributed by atoms with van der Waals surface area (Å²) >= 11 is 6.99. The lowest BCUT2D eigenvalue weighted by atomic mass is 10.3. The van der Waals surface area contributed by atoms with Crippen LogP contribution in [0.2, 0.25) is 0 Å². The highest BCUT2D eigenvalue weighted by Gasteiger charge is 2.21. The van der Waals surface area contributed by atoms with Gasteiger partial charge in [0.25, 0.3) is 0 Å². The molecule has 1 aromatic heterocycles. The van der Waals surface area contributed by atoms with Crippen molar-refractivity contribution in [2.75, 3.05) is 45.2 Å². The normalized spacial score (nSPS) is 15.9. The van der Waals surface area contributed by atoms with Gasteiger partial charge in [-0.05, 0) is 31.8 Å². The number of methoxy groups -OCH3 is 1. The first-order valence-corrected chi connectivity index (χ1v) is 8.24. The zero-order valence-electron chi connectivity index (χ0n) is 12.6. The lowest BCUT2D eigenvalue weighted by Crippen LogP contribution is -2.49. The minimum atomic E-state index is -0.333. The van der Waals surface area contributed by atoms with E-state index in [1.807, 2.05) is 13.0 Å². The maximum atomic E-state index is 11.8. The Bertz CT molecular complexity index is 522. The van der Waals surface area contributed by atoms with Crippen LogP contribution in [0.25, 0.3) is 0 Å². The van der Waals surface area contributed by atoms with Gasteiger partial charge >= 0.3 is 5.97 Å². The number of thiocarbonyl (C=S) groups is 1. The molecule has 1 fully saturated rings. The molecule has 5 nitrogen and oxygen atoms in total. The molecular formula is C14H21N3O2S2. The second-order valence-corrected chi connectivity index (χ2v) is 6.59. The molecule has 116 valence electrons. The Morgan fingerprint density at radius 3 is 2.67 bits per heavy atom. The summed E-state index contributed by atoms with van der Waals surface area (Å²) in [5.74, 6) is -0.333. The largest absolute Gasteiger partial charge is 0.465 e. The number of hydrogen-bond acceptors (Lipinski definition) is 5. The van der Waals surface area contributed by atoms with E-state index in [0.29, 0.717) is 10.7 Å². The van der Waals surface area contributed by atoms with Crippen LogP contribution in [0.3, 0.4) is 0 Å². The average molecular weight is 327 g/mol. The molecule has 0 bridgehead atoms. The van der Waals surface area contributed by atoms with Crippen molar-refractivity contribution in [2.24, 2.45) is 0 Å². The fourth-order valence-electron chi connectivity index (χ4n) is 2.31. The Balaban J connectivity index is 2.02. The van der Waals surface area contributed by atoms with Gasteiger partial charge in [-0.15, -0.1) is 11.3 Å². The van der Waals surface area contributed by atoms with E-state index in [0.717, 1.165) is 42.6 Å². The summed E-state index contributed by atoms with van der Waals surface area (Å²) in [4.78, 5) is 17.4. The second-order valence-electron chi connectivity index (χ2n) is 4.94. The van der Waals surface area contributed by atoms with Gasteiger partial charge in [0.2, 0.25) is 0 Å². The van der Waals surface area contributed by atoms with Crippen molar-refractivity contribution in [3.8, 4) is 0 Å². The molecule has 1 aliphatic rings. The monoisotopic (exact) mass is 327 g/mol. The molecule has 0 aromatic carbocycles. The number of carbonyl (C=O) groups is 1. The first-order valence-electron chi connectivity index (χ1n) is 7.02. The van der Waals surface area contributed by atoms with Gasteiger partial charge in [0, 0.05) is 31.1 Å². The molecule has 0 amide bonds. The molecule has 21 heavy (non-hydrogen) atoms. The molecule has 1 aliphatic heterocycles. The predicted octanol–water partition coefficient (Wildman–Crippen LogP) is 2.18. The van der Waals surface area contributed by atoms with Crippen LogP contribution in [-0.4, -0.2) is 60.7 Å². The van der Waals surface area contributed by atoms with Gasteiger partial charge in [-0.2, -0.15) is 0 Å². The topological polar surface area (TPSA) is 44.8 Å². The van der Waals surface area contributed by atoms with E-state index in [4.69, 9.17) is 17.0 Å². The van der Waals surface area contributed by atoms with Crippen LogP contribution in [0.1, 0.15) is 22.2 Å². The van der Waals surface area contributed by atoms with Crippen LogP contribution in [0.15, 0.2) is 6.07 Å². The highest BCUT2D eigenvalue weighted by molar-refractivity contribution is 7.80. The number of thiophene rings is 1. The zero-order chi connectivity index (χ0) is 15.4. The van der Waals surface area contributed by atoms with Crippen molar-refractivity contribution in [3.05, 3.63) is 16.5 Å². The Morgan fingerprint density at radius 1 is 1.43 bits per heavy atom. The van der Waals surface area contributed by atoms with E-state index in [2.05, 4.69) is 22.0 Å². The lowest BCUT2D eigenvalue weighted by Gasteiger charge is -2.35. The Labute approximate surface area is 134 Å². The van der Waals surface area contributed by atoms with Crippen LogP contribution in [0.4, 0.5) is 5.00 Å². The molecular weight excluding hydrogens is 306 g/mol. The van der Waals surface area contributed by atoms with Crippen molar-refractivity contribution >= 4 is 39.6 Å². The number of ether oxygens (including phenoxy) is 1. The van der Waals surface area contributed by atoms with Crippen molar-refractivity contribution < 1.29 is 9.53 Å². The van der Waals surface area contributed by atoms with E-state index in [1.165, 1.54) is 18.4 Å². The second kappa shape index (κ2) is 7.20. The highest BCUT2D eigenvalue weighted by Crippen LogP contribution is 2.28. The van der Waals surface area contributed by atoms with Crippen LogP contribution in [0, 0.1) is 6.92 Å². The number of piperazine rings is 1. The van der Waals surface area contributed by atoms with Gasteiger partial charge in [0.1, 0.15) is 5.00 Å². The summed E-state index contributed by atoms with van der Waals surface area (Å²) in [7, 11) is 1.39. The van der Waals surface area contributed by atoms with Gasteiger partial charge in [-0.3, -0.25) is 0 Å². The Morgan fingerprint density at radius 2 is 2.10 bits per heavy atom. The fraction of sp³-hybridized carbons (Fsp3) is 0.571. The third-order valence-corrected chi connectivity index (χ3v) is 4.91. The van der Waals surface area contributed by atoms with Gasteiger partial charge in [-0.1, -0.05) is 6.92 Å². The summed E-state index contributed by atoms with van der Waals surface area (Å²) in [6.07, 6.45) is 0. The van der Waals surface area contributed by atoms with E-state index in [9.17, 15) is 4.79 Å². The van der Waals surface area contributed by atoms with E-state index >= 15 is 0 Å². The maximum Gasteiger partial charge on any atom is 0.340 e. The molecule has 2 heterocycles. The number of nitrogens with zero attached hydrogens (tertiary/aromatic N) is 2. The quantitative estimate of drug-likeness (QED) is 0.678. The molecule has 0 saturated carbocycles. The SMILES string of the molecule is CCN1CCN(C(=S)Nc2sc(C)cc2C(=O)OC)CC1. The number of likely N-dealkylation sites (N-methyl/N-ethyl adjacent to an activating group) is 1. The summed E-state index contributed by atoms with van der Waals surface area (Å²) in [5.41, 5.74) is 0.551.